The Morgan fingerprint density at radius 3 is 2.40 bits per heavy atom. The molecule has 0 aliphatic rings. The van der Waals surface area contributed by atoms with Crippen molar-refractivity contribution >= 4 is 5.78 Å². The summed E-state index contributed by atoms with van der Waals surface area (Å²) in [7, 11) is 3.77. The van der Waals surface area contributed by atoms with Crippen LogP contribution in [0.4, 0.5) is 0 Å². The Labute approximate surface area is 93.8 Å². The van der Waals surface area contributed by atoms with Gasteiger partial charge in [-0.15, -0.1) is 0 Å². The Morgan fingerprint density at radius 2 is 1.93 bits per heavy atom. The third-order valence-corrected chi connectivity index (χ3v) is 2.49. The van der Waals surface area contributed by atoms with E-state index in [1.165, 1.54) is 0 Å². The van der Waals surface area contributed by atoms with Crippen molar-refractivity contribution in [3.63, 3.8) is 0 Å². The van der Waals surface area contributed by atoms with Crippen LogP contribution >= 0.6 is 0 Å². The average Bonchev–Trinajstić information content (AvgIpc) is 2.14. The first-order valence-corrected chi connectivity index (χ1v) is 5.67. The first kappa shape index (κ1) is 14.6. The lowest BCUT2D eigenvalue weighted by Gasteiger charge is -2.20. The Kier molecular flexibility index (Phi) is 7.61. The van der Waals surface area contributed by atoms with E-state index >= 15 is 0 Å². The van der Waals surface area contributed by atoms with E-state index in [-0.39, 0.29) is 5.92 Å². The maximum Gasteiger partial charge on any atom is 0.135 e. The molecular formula is C12H25NO2. The highest BCUT2D eigenvalue weighted by atomic mass is 16.5. The summed E-state index contributed by atoms with van der Waals surface area (Å²) in [5, 5.41) is 0. The number of ether oxygens (including phenoxy) is 1. The zero-order chi connectivity index (χ0) is 11.8. The molecule has 15 heavy (non-hydrogen) atoms. The highest BCUT2D eigenvalue weighted by Crippen LogP contribution is 2.09. The largest absolute Gasteiger partial charge is 0.383 e. The monoisotopic (exact) mass is 215 g/mol. The third-order valence-electron chi connectivity index (χ3n) is 2.49. The van der Waals surface area contributed by atoms with Crippen LogP contribution in [-0.4, -0.2) is 44.5 Å². The number of nitrogens with zero attached hydrogens (tertiary/aromatic N) is 1. The van der Waals surface area contributed by atoms with Crippen molar-refractivity contribution in [2.45, 2.75) is 27.2 Å². The summed E-state index contributed by atoms with van der Waals surface area (Å²) in [5.74, 6) is 0.959. The normalized spacial score (nSPS) is 13.5. The fraction of sp³-hybridized carbons (Fsp3) is 0.917. The maximum absolute atomic E-state index is 11.5. The molecule has 90 valence electrons. The Morgan fingerprint density at radius 1 is 1.33 bits per heavy atom. The molecular weight excluding hydrogens is 190 g/mol. The van der Waals surface area contributed by atoms with E-state index < -0.39 is 0 Å². The van der Waals surface area contributed by atoms with Gasteiger partial charge < -0.3 is 9.64 Å². The molecule has 0 saturated carbocycles. The number of hydrogen-bond acceptors (Lipinski definition) is 3. The van der Waals surface area contributed by atoms with E-state index in [0.717, 1.165) is 19.7 Å². The highest BCUT2D eigenvalue weighted by Gasteiger charge is 2.13. The van der Waals surface area contributed by atoms with Crippen LogP contribution in [0.3, 0.4) is 0 Å². The first-order chi connectivity index (χ1) is 6.97. The molecule has 0 aromatic rings. The van der Waals surface area contributed by atoms with E-state index in [9.17, 15) is 4.79 Å². The van der Waals surface area contributed by atoms with Gasteiger partial charge in [0.1, 0.15) is 5.78 Å². The number of Topliss-reactive ketones (excluding diaryl/α,β-unsaturated/α-hetero) is 1. The number of rotatable bonds is 8. The highest BCUT2D eigenvalue weighted by molar-refractivity contribution is 5.80. The van der Waals surface area contributed by atoms with Crippen molar-refractivity contribution in [1.82, 2.24) is 4.90 Å². The average molecular weight is 215 g/mol. The van der Waals surface area contributed by atoms with Gasteiger partial charge in [0, 0.05) is 32.5 Å². The third kappa shape index (κ3) is 7.51. The van der Waals surface area contributed by atoms with Gasteiger partial charge in [0.05, 0.1) is 6.61 Å². The number of carbonyl (C=O) groups excluding carboxylic acids is 1. The number of methoxy groups -OCH3 is 1. The van der Waals surface area contributed by atoms with Crippen LogP contribution in [0.5, 0.6) is 0 Å². The topological polar surface area (TPSA) is 29.5 Å². The molecule has 0 fully saturated rings. The lowest BCUT2D eigenvalue weighted by molar-refractivity contribution is -0.122. The second-order valence-corrected chi connectivity index (χ2v) is 4.69. The summed E-state index contributed by atoms with van der Waals surface area (Å²) in [6, 6.07) is 0. The molecule has 0 saturated heterocycles. The van der Waals surface area contributed by atoms with Gasteiger partial charge >= 0.3 is 0 Å². The SMILES string of the molecule is COCCN(C)C[C@H](C)CC(=O)C(C)C. The van der Waals surface area contributed by atoms with Gasteiger partial charge in [0.15, 0.2) is 0 Å². The smallest absolute Gasteiger partial charge is 0.135 e. The number of carbonyl (C=O) groups is 1. The quantitative estimate of drug-likeness (QED) is 0.618. The predicted molar refractivity (Wildman–Crippen MR) is 63.0 cm³/mol. The molecule has 3 heteroatoms. The van der Waals surface area contributed by atoms with Crippen LogP contribution in [0.15, 0.2) is 0 Å². The Bertz CT molecular complexity index is 180. The summed E-state index contributed by atoms with van der Waals surface area (Å²) in [5.41, 5.74) is 0. The van der Waals surface area contributed by atoms with Gasteiger partial charge in [-0.1, -0.05) is 20.8 Å². The molecule has 3 nitrogen and oxygen atoms in total. The van der Waals surface area contributed by atoms with Gasteiger partial charge in [-0.3, -0.25) is 4.79 Å². The van der Waals surface area contributed by atoms with E-state index in [1.54, 1.807) is 7.11 Å². The summed E-state index contributed by atoms with van der Waals surface area (Å²) in [6.45, 7) is 8.69. The molecule has 0 unspecified atom stereocenters. The van der Waals surface area contributed by atoms with Crippen molar-refractivity contribution in [2.24, 2.45) is 11.8 Å². The minimum Gasteiger partial charge on any atom is -0.383 e. The van der Waals surface area contributed by atoms with Gasteiger partial charge in [0.25, 0.3) is 0 Å². The zero-order valence-electron chi connectivity index (χ0n) is 10.7. The standard InChI is InChI=1S/C12H25NO2/c1-10(2)12(14)8-11(3)9-13(4)6-7-15-5/h10-11H,6-9H2,1-5H3/t11-/m1/s1. The van der Waals surface area contributed by atoms with Crippen molar-refractivity contribution < 1.29 is 9.53 Å². The van der Waals surface area contributed by atoms with Gasteiger partial charge in [-0.05, 0) is 13.0 Å². The first-order valence-electron chi connectivity index (χ1n) is 5.67. The maximum atomic E-state index is 11.5. The van der Waals surface area contributed by atoms with Crippen molar-refractivity contribution in [2.75, 3.05) is 33.9 Å². The van der Waals surface area contributed by atoms with E-state index in [4.69, 9.17) is 4.74 Å². The Balaban J connectivity index is 3.72. The number of hydrogen-bond donors (Lipinski definition) is 0. The molecule has 0 rings (SSSR count). The molecule has 1 atom stereocenters. The molecule has 0 heterocycles. The minimum absolute atomic E-state index is 0.164. The lowest BCUT2D eigenvalue weighted by Crippen LogP contribution is -2.29. The van der Waals surface area contributed by atoms with E-state index in [0.29, 0.717) is 18.1 Å². The van der Waals surface area contributed by atoms with Crippen molar-refractivity contribution in [3.05, 3.63) is 0 Å². The van der Waals surface area contributed by atoms with Crippen LogP contribution in [0.1, 0.15) is 27.2 Å². The lowest BCUT2D eigenvalue weighted by atomic mass is 9.97. The molecule has 0 aliphatic carbocycles. The van der Waals surface area contributed by atoms with E-state index in [2.05, 4.69) is 18.9 Å². The van der Waals surface area contributed by atoms with Gasteiger partial charge in [-0.2, -0.15) is 0 Å². The molecule has 0 aromatic heterocycles. The van der Waals surface area contributed by atoms with Crippen LogP contribution in [-0.2, 0) is 9.53 Å². The molecule has 0 amide bonds. The van der Waals surface area contributed by atoms with Crippen LogP contribution in [0.25, 0.3) is 0 Å². The number of likely N-dealkylation sites (N-methyl/N-ethyl adjacent to an activating group) is 1. The van der Waals surface area contributed by atoms with Crippen LogP contribution < -0.4 is 0 Å². The number of ketones is 1. The molecule has 0 radical (unpaired) electrons. The molecule has 0 bridgehead atoms. The summed E-state index contributed by atoms with van der Waals surface area (Å²) in [6.07, 6.45) is 0.689. The molecule has 0 N–H and O–H groups in total. The fourth-order valence-corrected chi connectivity index (χ4v) is 1.51. The van der Waals surface area contributed by atoms with Crippen LogP contribution in [0, 0.1) is 11.8 Å². The summed E-state index contributed by atoms with van der Waals surface area (Å²) < 4.78 is 5.00. The second-order valence-electron chi connectivity index (χ2n) is 4.69. The van der Waals surface area contributed by atoms with E-state index in [1.807, 2.05) is 13.8 Å². The minimum atomic E-state index is 0.164. The summed E-state index contributed by atoms with van der Waals surface area (Å²) >= 11 is 0. The Hall–Kier alpha value is -0.410. The zero-order valence-corrected chi connectivity index (χ0v) is 10.7. The van der Waals surface area contributed by atoms with Crippen LogP contribution in [0.2, 0.25) is 0 Å². The van der Waals surface area contributed by atoms with Crippen molar-refractivity contribution in [3.8, 4) is 0 Å². The second kappa shape index (κ2) is 7.83. The molecule has 0 aliphatic heterocycles. The summed E-state index contributed by atoms with van der Waals surface area (Å²) in [4.78, 5) is 13.7. The van der Waals surface area contributed by atoms with Gasteiger partial charge in [0.2, 0.25) is 0 Å². The molecule has 0 spiro atoms. The van der Waals surface area contributed by atoms with Crippen molar-refractivity contribution in [1.29, 1.82) is 0 Å². The predicted octanol–water partition coefficient (Wildman–Crippen LogP) is 1.82. The molecule has 0 aromatic carbocycles. The fourth-order valence-electron chi connectivity index (χ4n) is 1.51. The van der Waals surface area contributed by atoms with Gasteiger partial charge in [-0.25, -0.2) is 0 Å².